The number of rotatable bonds is 3. The molecule has 0 aliphatic heterocycles. The molecule has 1 aromatic heterocycles. The van der Waals surface area contributed by atoms with Crippen molar-refractivity contribution in [1.82, 2.24) is 4.57 Å². The molecule has 1 atom stereocenters. The Morgan fingerprint density at radius 3 is 2.65 bits per heavy atom. The van der Waals surface area contributed by atoms with Crippen LogP contribution in [-0.4, -0.2) is 15.6 Å². The summed E-state index contributed by atoms with van der Waals surface area (Å²) in [6.07, 6.45) is 1.27. The van der Waals surface area contributed by atoms with E-state index in [1.165, 1.54) is 12.3 Å². The van der Waals surface area contributed by atoms with Crippen molar-refractivity contribution in [3.63, 3.8) is 0 Å². The number of pyridine rings is 1. The summed E-state index contributed by atoms with van der Waals surface area (Å²) in [5.74, 6) is -1.93. The molecule has 2 rings (SSSR count). The van der Waals surface area contributed by atoms with Crippen LogP contribution in [0.25, 0.3) is 10.9 Å². The van der Waals surface area contributed by atoms with E-state index in [9.17, 15) is 14.0 Å². The van der Waals surface area contributed by atoms with Gasteiger partial charge in [0.05, 0.1) is 5.52 Å². The van der Waals surface area contributed by atoms with E-state index in [2.05, 4.69) is 0 Å². The quantitative estimate of drug-likeness (QED) is 0.897. The molecule has 5 nitrogen and oxygen atoms in total. The van der Waals surface area contributed by atoms with Gasteiger partial charge in [0.25, 0.3) is 0 Å². The second kappa shape index (κ2) is 5.05. The number of nitrogens with zero attached hydrogens (tertiary/aromatic N) is 1. The number of benzene rings is 1. The van der Waals surface area contributed by atoms with Gasteiger partial charge in [-0.05, 0) is 26.0 Å². The van der Waals surface area contributed by atoms with E-state index in [1.807, 2.05) is 6.92 Å². The van der Waals surface area contributed by atoms with Crippen molar-refractivity contribution in [3.8, 4) is 0 Å². The Labute approximate surface area is 114 Å². The summed E-state index contributed by atoms with van der Waals surface area (Å²) >= 11 is 0. The number of carboxylic acids is 1. The van der Waals surface area contributed by atoms with E-state index in [0.717, 1.165) is 6.07 Å². The molecule has 0 aliphatic carbocycles. The van der Waals surface area contributed by atoms with Crippen LogP contribution in [0.3, 0.4) is 0 Å². The predicted molar refractivity (Wildman–Crippen MR) is 73.4 cm³/mol. The van der Waals surface area contributed by atoms with Crippen LogP contribution in [-0.2, 0) is 6.54 Å². The Balaban J connectivity index is 2.94. The molecule has 3 N–H and O–H groups in total. The highest BCUT2D eigenvalue weighted by atomic mass is 19.1. The highest BCUT2D eigenvalue weighted by Crippen LogP contribution is 2.21. The highest BCUT2D eigenvalue weighted by molar-refractivity contribution is 5.92. The molecule has 0 spiro atoms. The maximum Gasteiger partial charge on any atom is 0.341 e. The van der Waals surface area contributed by atoms with Crippen LogP contribution in [0.15, 0.2) is 23.1 Å². The van der Waals surface area contributed by atoms with Crippen LogP contribution < -0.4 is 11.2 Å². The summed E-state index contributed by atoms with van der Waals surface area (Å²) in [7, 11) is 0. The normalized spacial score (nSPS) is 12.6. The zero-order valence-corrected chi connectivity index (χ0v) is 11.2. The summed E-state index contributed by atoms with van der Waals surface area (Å²) in [5, 5.41) is 9.08. The number of carboxylic acid groups (broad SMARTS) is 1. The lowest BCUT2D eigenvalue weighted by molar-refractivity contribution is 0.0695. The third-order valence-corrected chi connectivity index (χ3v) is 3.26. The smallest absolute Gasteiger partial charge is 0.341 e. The Kier molecular flexibility index (Phi) is 3.59. The first-order valence-electron chi connectivity index (χ1n) is 6.22. The molecule has 106 valence electrons. The summed E-state index contributed by atoms with van der Waals surface area (Å²) in [6.45, 7) is 3.91. The maximum absolute atomic E-state index is 13.9. The molecule has 0 amide bonds. The third kappa shape index (κ3) is 2.18. The molecule has 2 aromatic rings. The molecule has 0 fully saturated rings. The minimum absolute atomic E-state index is 0.0497. The van der Waals surface area contributed by atoms with Crippen molar-refractivity contribution in [1.29, 1.82) is 0 Å². The van der Waals surface area contributed by atoms with E-state index in [-0.39, 0.29) is 10.9 Å². The second-order valence-corrected chi connectivity index (χ2v) is 4.64. The van der Waals surface area contributed by atoms with Gasteiger partial charge in [-0.1, -0.05) is 0 Å². The molecule has 0 saturated heterocycles. The Morgan fingerprint density at radius 2 is 2.15 bits per heavy atom. The molecule has 1 unspecified atom stereocenters. The number of aryl methyl sites for hydroxylation is 1. The number of nitrogens with two attached hydrogens (primary N) is 1. The van der Waals surface area contributed by atoms with Gasteiger partial charge < -0.3 is 15.4 Å². The van der Waals surface area contributed by atoms with Crippen LogP contribution in [0.1, 0.15) is 35.8 Å². The first-order valence-corrected chi connectivity index (χ1v) is 6.22. The Hall–Kier alpha value is -2.21. The van der Waals surface area contributed by atoms with E-state index >= 15 is 0 Å². The molecule has 0 aliphatic rings. The van der Waals surface area contributed by atoms with E-state index in [1.54, 1.807) is 11.5 Å². The van der Waals surface area contributed by atoms with Gasteiger partial charge in [0.2, 0.25) is 5.43 Å². The fourth-order valence-electron chi connectivity index (χ4n) is 2.19. The molecule has 0 saturated carbocycles. The summed E-state index contributed by atoms with van der Waals surface area (Å²) < 4.78 is 15.5. The number of hydrogen-bond acceptors (Lipinski definition) is 3. The second-order valence-electron chi connectivity index (χ2n) is 4.64. The standard InChI is InChI=1S/C14H15FN2O3/c1-3-17-6-10(14(19)20)13(18)9-4-11(15)8(7(2)16)5-12(9)17/h4-7H,3,16H2,1-2H3,(H,19,20). The number of aromatic carboxylic acids is 1. The minimum Gasteiger partial charge on any atom is -0.477 e. The van der Waals surface area contributed by atoms with E-state index in [4.69, 9.17) is 10.8 Å². The number of carbonyl (C=O) groups is 1. The van der Waals surface area contributed by atoms with Crippen molar-refractivity contribution in [3.05, 3.63) is 45.5 Å². The van der Waals surface area contributed by atoms with Crippen molar-refractivity contribution in [2.75, 3.05) is 0 Å². The van der Waals surface area contributed by atoms with Crippen molar-refractivity contribution in [2.45, 2.75) is 26.4 Å². The average molecular weight is 278 g/mol. The molecule has 1 heterocycles. The minimum atomic E-state index is -1.32. The average Bonchev–Trinajstić information content (AvgIpc) is 2.38. The Morgan fingerprint density at radius 1 is 1.50 bits per heavy atom. The third-order valence-electron chi connectivity index (χ3n) is 3.26. The summed E-state index contributed by atoms with van der Waals surface area (Å²) in [4.78, 5) is 23.1. The lowest BCUT2D eigenvalue weighted by Gasteiger charge is -2.14. The molecule has 1 aromatic carbocycles. The topological polar surface area (TPSA) is 85.3 Å². The summed E-state index contributed by atoms with van der Waals surface area (Å²) in [6, 6.07) is 2.06. The van der Waals surface area contributed by atoms with Gasteiger partial charge in [-0.3, -0.25) is 4.79 Å². The number of aromatic nitrogens is 1. The van der Waals surface area contributed by atoms with Crippen LogP contribution in [0.5, 0.6) is 0 Å². The molecular formula is C14H15FN2O3. The van der Waals surface area contributed by atoms with Gasteiger partial charge in [0, 0.05) is 29.7 Å². The van der Waals surface area contributed by atoms with Crippen LogP contribution in [0.2, 0.25) is 0 Å². The van der Waals surface area contributed by atoms with Gasteiger partial charge in [-0.15, -0.1) is 0 Å². The van der Waals surface area contributed by atoms with Crippen LogP contribution in [0, 0.1) is 5.82 Å². The van der Waals surface area contributed by atoms with Gasteiger partial charge in [0.15, 0.2) is 0 Å². The summed E-state index contributed by atoms with van der Waals surface area (Å²) in [5.41, 5.74) is 5.41. The zero-order valence-electron chi connectivity index (χ0n) is 11.2. The molecule has 0 bridgehead atoms. The molecule has 20 heavy (non-hydrogen) atoms. The highest BCUT2D eigenvalue weighted by Gasteiger charge is 2.17. The molecule has 6 heteroatoms. The van der Waals surface area contributed by atoms with Crippen LogP contribution in [0.4, 0.5) is 4.39 Å². The first kappa shape index (κ1) is 14.2. The lowest BCUT2D eigenvalue weighted by Crippen LogP contribution is -2.19. The van der Waals surface area contributed by atoms with E-state index in [0.29, 0.717) is 17.6 Å². The van der Waals surface area contributed by atoms with E-state index < -0.39 is 23.3 Å². The predicted octanol–water partition coefficient (Wildman–Crippen LogP) is 1.88. The van der Waals surface area contributed by atoms with Gasteiger partial charge in [0.1, 0.15) is 11.4 Å². The fraction of sp³-hybridized carbons (Fsp3) is 0.286. The van der Waals surface area contributed by atoms with Crippen molar-refractivity contribution < 1.29 is 14.3 Å². The van der Waals surface area contributed by atoms with Gasteiger partial charge >= 0.3 is 5.97 Å². The lowest BCUT2D eigenvalue weighted by atomic mass is 10.0. The number of hydrogen-bond donors (Lipinski definition) is 2. The molecular weight excluding hydrogens is 263 g/mol. The zero-order chi connectivity index (χ0) is 15.0. The largest absolute Gasteiger partial charge is 0.477 e. The van der Waals surface area contributed by atoms with Crippen LogP contribution >= 0.6 is 0 Å². The fourth-order valence-corrected chi connectivity index (χ4v) is 2.19. The first-order chi connectivity index (χ1) is 9.36. The number of halogens is 1. The maximum atomic E-state index is 13.9. The monoisotopic (exact) mass is 278 g/mol. The van der Waals surface area contributed by atoms with Gasteiger partial charge in [-0.2, -0.15) is 0 Å². The van der Waals surface area contributed by atoms with Gasteiger partial charge in [-0.25, -0.2) is 9.18 Å². The SMILES string of the molecule is CCn1cc(C(=O)O)c(=O)c2cc(F)c(C(C)N)cc21. The van der Waals surface area contributed by atoms with Crippen molar-refractivity contribution >= 4 is 16.9 Å². The Bertz CT molecular complexity index is 750. The molecule has 0 radical (unpaired) electrons. The van der Waals surface area contributed by atoms with Crippen molar-refractivity contribution in [2.24, 2.45) is 5.73 Å². The number of fused-ring (bicyclic) bond motifs is 1.